The first-order valence-corrected chi connectivity index (χ1v) is 7.40. The first kappa shape index (κ1) is 16.6. The van der Waals surface area contributed by atoms with Crippen LogP contribution >= 0.6 is 11.6 Å². The molecular weight excluding hydrogens is 308 g/mol. The van der Waals surface area contributed by atoms with Crippen molar-refractivity contribution in [1.82, 2.24) is 4.90 Å². The van der Waals surface area contributed by atoms with E-state index in [4.69, 9.17) is 21.4 Å². The molecule has 22 heavy (non-hydrogen) atoms. The summed E-state index contributed by atoms with van der Waals surface area (Å²) in [5, 5.41) is 9.44. The topological polar surface area (TPSA) is 70.1 Å². The van der Waals surface area contributed by atoms with Gasteiger partial charge in [-0.1, -0.05) is 11.6 Å². The van der Waals surface area contributed by atoms with E-state index >= 15 is 0 Å². The van der Waals surface area contributed by atoms with E-state index < -0.39 is 12.1 Å². The van der Waals surface area contributed by atoms with Crippen molar-refractivity contribution in [2.75, 3.05) is 32.1 Å². The van der Waals surface area contributed by atoms with Gasteiger partial charge in [-0.15, -0.1) is 0 Å². The molecule has 0 radical (unpaired) electrons. The number of aliphatic carboxylic acids is 1. The van der Waals surface area contributed by atoms with Crippen molar-refractivity contribution in [1.29, 1.82) is 0 Å². The number of hydrogen-bond acceptors (Lipinski definition) is 4. The van der Waals surface area contributed by atoms with E-state index in [0.717, 1.165) is 13.0 Å². The van der Waals surface area contributed by atoms with Gasteiger partial charge in [-0.05, 0) is 45.3 Å². The molecule has 0 saturated carbocycles. The highest BCUT2D eigenvalue weighted by Gasteiger charge is 2.35. The lowest BCUT2D eigenvalue weighted by molar-refractivity contribution is -0.142. The lowest BCUT2D eigenvalue weighted by atomic mass is 10.1. The number of rotatable bonds is 6. The number of carbonyl (C=O) groups is 2. The van der Waals surface area contributed by atoms with Gasteiger partial charge in [0.15, 0.2) is 6.10 Å². The Morgan fingerprint density at radius 1 is 1.45 bits per heavy atom. The number of carboxylic acids is 1. The molecule has 1 aliphatic heterocycles. The molecule has 1 heterocycles. The average molecular weight is 327 g/mol. The molecular formula is C15H19ClN2O4. The Kier molecular flexibility index (Phi) is 5.26. The number of nitrogens with zero attached hydrogens (tertiary/aromatic N) is 2. The Morgan fingerprint density at radius 2 is 2.18 bits per heavy atom. The largest absolute Gasteiger partial charge is 0.481 e. The number of carboxylic acid groups (broad SMARTS) is 1. The second-order valence-electron chi connectivity index (χ2n) is 5.46. The van der Waals surface area contributed by atoms with Gasteiger partial charge < -0.3 is 19.6 Å². The molecule has 0 aromatic heterocycles. The summed E-state index contributed by atoms with van der Waals surface area (Å²) in [4.78, 5) is 27.0. The van der Waals surface area contributed by atoms with E-state index in [2.05, 4.69) is 0 Å². The normalized spacial score (nSPS) is 17.4. The van der Waals surface area contributed by atoms with Gasteiger partial charge in [0.25, 0.3) is 5.91 Å². The Morgan fingerprint density at radius 3 is 2.82 bits per heavy atom. The summed E-state index contributed by atoms with van der Waals surface area (Å²) in [5.41, 5.74) is 0.595. The summed E-state index contributed by atoms with van der Waals surface area (Å²) in [6.45, 7) is 1.31. The zero-order valence-electron chi connectivity index (χ0n) is 12.6. The highest BCUT2D eigenvalue weighted by Crippen LogP contribution is 2.36. The van der Waals surface area contributed by atoms with Crippen LogP contribution in [0.3, 0.4) is 0 Å². The predicted molar refractivity (Wildman–Crippen MR) is 83.6 cm³/mol. The molecule has 0 spiro atoms. The van der Waals surface area contributed by atoms with Crippen LogP contribution < -0.4 is 9.64 Å². The zero-order chi connectivity index (χ0) is 16.3. The Bertz CT molecular complexity index is 577. The number of halogens is 1. The third-order valence-electron chi connectivity index (χ3n) is 3.37. The smallest absolute Gasteiger partial charge is 0.307 e. The first-order chi connectivity index (χ1) is 10.4. The SMILES string of the molecule is CN(C)CCCN1C(=O)C(CC(=O)O)Oc2ccc(Cl)cc21. The minimum atomic E-state index is -1.07. The third kappa shape index (κ3) is 3.90. The highest BCUT2D eigenvalue weighted by atomic mass is 35.5. The quantitative estimate of drug-likeness (QED) is 0.864. The van der Waals surface area contributed by atoms with E-state index in [-0.39, 0.29) is 12.3 Å². The summed E-state index contributed by atoms with van der Waals surface area (Å²) in [7, 11) is 3.92. The molecule has 1 atom stereocenters. The number of amides is 1. The lowest BCUT2D eigenvalue weighted by Crippen LogP contribution is -2.47. The van der Waals surface area contributed by atoms with Crippen LogP contribution in [0.1, 0.15) is 12.8 Å². The average Bonchev–Trinajstić information content (AvgIpc) is 2.42. The maximum Gasteiger partial charge on any atom is 0.307 e. The van der Waals surface area contributed by atoms with Gasteiger partial charge in [0.2, 0.25) is 0 Å². The zero-order valence-corrected chi connectivity index (χ0v) is 13.3. The predicted octanol–water partition coefficient (Wildman–Crippen LogP) is 1.86. The fourth-order valence-corrected chi connectivity index (χ4v) is 2.53. The molecule has 1 aliphatic rings. The van der Waals surface area contributed by atoms with Gasteiger partial charge in [-0.25, -0.2) is 0 Å². The van der Waals surface area contributed by atoms with Crippen LogP contribution in [0, 0.1) is 0 Å². The highest BCUT2D eigenvalue weighted by molar-refractivity contribution is 6.31. The Hall–Kier alpha value is -1.79. The van der Waals surface area contributed by atoms with E-state index in [1.165, 1.54) is 0 Å². The van der Waals surface area contributed by atoms with E-state index in [1.54, 1.807) is 23.1 Å². The third-order valence-corrected chi connectivity index (χ3v) is 3.60. The molecule has 1 aromatic carbocycles. The molecule has 6 nitrogen and oxygen atoms in total. The Balaban J connectivity index is 2.25. The number of fused-ring (bicyclic) bond motifs is 1. The van der Waals surface area contributed by atoms with E-state index in [0.29, 0.717) is 23.0 Å². The van der Waals surface area contributed by atoms with Crippen LogP contribution in [0.15, 0.2) is 18.2 Å². The number of benzene rings is 1. The van der Waals surface area contributed by atoms with Crippen LogP contribution in [-0.4, -0.2) is 55.2 Å². The summed E-state index contributed by atoms with van der Waals surface area (Å²) < 4.78 is 5.53. The van der Waals surface area contributed by atoms with Gasteiger partial charge in [0, 0.05) is 11.6 Å². The Labute approximate surface area is 134 Å². The second-order valence-corrected chi connectivity index (χ2v) is 5.90. The molecule has 1 amide bonds. The standard InChI is InChI=1S/C15H19ClN2O4/c1-17(2)6-3-7-18-11-8-10(16)4-5-12(11)22-13(15(18)21)9-14(19)20/h4-5,8,13H,3,6-7,9H2,1-2H3,(H,19,20). The monoisotopic (exact) mass is 326 g/mol. The molecule has 0 saturated heterocycles. The molecule has 0 aliphatic carbocycles. The van der Waals surface area contributed by atoms with Crippen LogP contribution in [0.2, 0.25) is 5.02 Å². The lowest BCUT2D eigenvalue weighted by Gasteiger charge is -2.34. The van der Waals surface area contributed by atoms with Crippen molar-refractivity contribution in [2.24, 2.45) is 0 Å². The minimum absolute atomic E-state index is 0.337. The molecule has 0 bridgehead atoms. The fraction of sp³-hybridized carbons (Fsp3) is 0.467. The molecule has 0 fully saturated rings. The fourth-order valence-electron chi connectivity index (χ4n) is 2.36. The van der Waals surface area contributed by atoms with E-state index in [9.17, 15) is 9.59 Å². The summed E-state index contributed by atoms with van der Waals surface area (Å²) in [6.07, 6.45) is -0.583. The van der Waals surface area contributed by atoms with Gasteiger partial charge >= 0.3 is 5.97 Å². The van der Waals surface area contributed by atoms with Gasteiger partial charge in [0.05, 0.1) is 12.1 Å². The molecule has 1 aromatic rings. The van der Waals surface area contributed by atoms with Crippen LogP contribution in [-0.2, 0) is 9.59 Å². The maximum atomic E-state index is 12.5. The van der Waals surface area contributed by atoms with Crippen molar-refractivity contribution in [3.63, 3.8) is 0 Å². The number of hydrogen-bond donors (Lipinski definition) is 1. The van der Waals surface area contributed by atoms with Gasteiger partial charge in [-0.3, -0.25) is 9.59 Å². The van der Waals surface area contributed by atoms with Crippen molar-refractivity contribution in [2.45, 2.75) is 18.9 Å². The number of ether oxygens (including phenoxy) is 1. The summed E-state index contributed by atoms with van der Waals surface area (Å²) in [5.74, 6) is -0.917. The summed E-state index contributed by atoms with van der Waals surface area (Å²) in [6, 6.07) is 4.99. The van der Waals surface area contributed by atoms with E-state index in [1.807, 2.05) is 19.0 Å². The van der Waals surface area contributed by atoms with Crippen molar-refractivity contribution in [3.05, 3.63) is 23.2 Å². The maximum absolute atomic E-state index is 12.5. The molecule has 1 N–H and O–H groups in total. The van der Waals surface area contributed by atoms with Crippen molar-refractivity contribution < 1.29 is 19.4 Å². The number of anilines is 1. The molecule has 7 heteroatoms. The summed E-state index contributed by atoms with van der Waals surface area (Å²) >= 11 is 6.00. The van der Waals surface area contributed by atoms with Crippen molar-refractivity contribution >= 4 is 29.2 Å². The van der Waals surface area contributed by atoms with Crippen LogP contribution in [0.4, 0.5) is 5.69 Å². The minimum Gasteiger partial charge on any atom is -0.481 e. The van der Waals surface area contributed by atoms with Gasteiger partial charge in [-0.2, -0.15) is 0 Å². The van der Waals surface area contributed by atoms with Gasteiger partial charge in [0.1, 0.15) is 5.75 Å². The first-order valence-electron chi connectivity index (χ1n) is 7.02. The second kappa shape index (κ2) is 6.98. The molecule has 120 valence electrons. The number of carbonyl (C=O) groups excluding carboxylic acids is 1. The van der Waals surface area contributed by atoms with Crippen molar-refractivity contribution in [3.8, 4) is 5.75 Å². The molecule has 1 unspecified atom stereocenters. The molecule has 2 rings (SSSR count). The van der Waals surface area contributed by atoms with Crippen LogP contribution in [0.25, 0.3) is 0 Å². The van der Waals surface area contributed by atoms with Crippen LogP contribution in [0.5, 0.6) is 5.75 Å².